The average molecular weight is 134 g/mol. The fourth-order valence-corrected chi connectivity index (χ4v) is 0.728. The molecule has 4 N–H and O–H groups in total. The third-order valence-electron chi connectivity index (χ3n) is 1.49. The van der Waals surface area contributed by atoms with Crippen molar-refractivity contribution in [3.05, 3.63) is 37.1 Å². The second-order valence-corrected chi connectivity index (χ2v) is 2.21. The predicted molar refractivity (Wildman–Crippen MR) is 44.2 cm³/mol. The maximum Gasteiger partial charge on any atom is 0.0583 e. The molecule has 0 saturated heterocycles. The third-order valence-corrected chi connectivity index (χ3v) is 1.49. The zero-order chi connectivity index (χ0) is 7.72. The minimum Gasteiger partial charge on any atom is -0.397 e. The summed E-state index contributed by atoms with van der Waals surface area (Å²) >= 11 is 0. The van der Waals surface area contributed by atoms with Gasteiger partial charge in [0.15, 0.2) is 0 Å². The van der Waals surface area contributed by atoms with E-state index in [4.69, 9.17) is 11.5 Å². The Hall–Kier alpha value is -1.18. The molecule has 0 amide bonds. The maximum atomic E-state index is 5.56. The molecule has 0 aliphatic rings. The molecule has 1 aromatic rings. The molecular weight excluding hydrogens is 124 g/mol. The van der Waals surface area contributed by atoms with Gasteiger partial charge in [-0.05, 0) is 31.0 Å². The van der Waals surface area contributed by atoms with Crippen LogP contribution in [0.4, 0.5) is 11.4 Å². The first-order chi connectivity index (χ1) is 4.63. The highest BCUT2D eigenvalue weighted by Gasteiger charge is 1.99. The van der Waals surface area contributed by atoms with Gasteiger partial charge in [-0.15, -0.1) is 0 Å². The Balaban J connectivity index is 3.34. The van der Waals surface area contributed by atoms with Crippen molar-refractivity contribution in [1.82, 2.24) is 0 Å². The average Bonchev–Trinajstić information content (AvgIpc) is 1.93. The minimum atomic E-state index is 0.535. The number of benzene rings is 1. The molecule has 0 aliphatic heterocycles. The number of hydrogen-bond acceptors (Lipinski definition) is 2. The van der Waals surface area contributed by atoms with E-state index in [2.05, 4.69) is 13.8 Å². The van der Waals surface area contributed by atoms with Crippen molar-refractivity contribution in [3.8, 4) is 0 Å². The zero-order valence-corrected chi connectivity index (χ0v) is 5.72. The van der Waals surface area contributed by atoms with Gasteiger partial charge in [0, 0.05) is 0 Å². The summed E-state index contributed by atoms with van der Waals surface area (Å²) in [6, 6.07) is 3.53. The van der Waals surface area contributed by atoms with Gasteiger partial charge >= 0.3 is 0 Å². The van der Waals surface area contributed by atoms with Crippen molar-refractivity contribution in [1.29, 1.82) is 0 Å². The third kappa shape index (κ3) is 0.923. The second kappa shape index (κ2) is 2.21. The summed E-state index contributed by atoms with van der Waals surface area (Å²) in [4.78, 5) is 0. The van der Waals surface area contributed by atoms with E-state index in [1.54, 1.807) is 12.1 Å². The van der Waals surface area contributed by atoms with Crippen LogP contribution in [-0.2, 0) is 0 Å². The van der Waals surface area contributed by atoms with Crippen LogP contribution in [-0.4, -0.2) is 0 Å². The van der Waals surface area contributed by atoms with Gasteiger partial charge in [0.2, 0.25) is 0 Å². The van der Waals surface area contributed by atoms with Gasteiger partial charge in [-0.3, -0.25) is 0 Å². The minimum absolute atomic E-state index is 0.535. The van der Waals surface area contributed by atoms with E-state index < -0.39 is 0 Å². The van der Waals surface area contributed by atoms with Gasteiger partial charge in [0.25, 0.3) is 0 Å². The molecule has 0 spiro atoms. The lowest BCUT2D eigenvalue weighted by molar-refractivity contribution is 1.52. The van der Waals surface area contributed by atoms with E-state index in [-0.39, 0.29) is 0 Å². The molecule has 0 aromatic heterocycles. The van der Waals surface area contributed by atoms with Crippen molar-refractivity contribution < 1.29 is 0 Å². The van der Waals surface area contributed by atoms with Crippen LogP contribution in [0.2, 0.25) is 0 Å². The number of rotatable bonds is 0. The summed E-state index contributed by atoms with van der Waals surface area (Å²) in [5.74, 6) is 0. The van der Waals surface area contributed by atoms with Crippen molar-refractivity contribution in [2.24, 2.45) is 0 Å². The summed E-state index contributed by atoms with van der Waals surface area (Å²) in [5, 5.41) is 0. The topological polar surface area (TPSA) is 52.0 Å². The van der Waals surface area contributed by atoms with Gasteiger partial charge in [-0.2, -0.15) is 0 Å². The van der Waals surface area contributed by atoms with E-state index in [1.165, 1.54) is 0 Å². The largest absolute Gasteiger partial charge is 0.397 e. The molecular formula is C8H10N2. The Morgan fingerprint density at radius 3 is 2.20 bits per heavy atom. The van der Waals surface area contributed by atoms with E-state index in [9.17, 15) is 0 Å². The van der Waals surface area contributed by atoms with Crippen LogP contribution < -0.4 is 11.5 Å². The van der Waals surface area contributed by atoms with E-state index >= 15 is 0 Å². The monoisotopic (exact) mass is 134 g/mol. The van der Waals surface area contributed by atoms with Gasteiger partial charge in [-0.1, -0.05) is 6.07 Å². The molecule has 0 aliphatic carbocycles. The normalized spacial score (nSPS) is 9.80. The number of nitrogens with two attached hydrogens (primary N) is 2. The van der Waals surface area contributed by atoms with Crippen molar-refractivity contribution in [2.75, 3.05) is 11.5 Å². The molecule has 1 aromatic carbocycles. The van der Waals surface area contributed by atoms with Crippen LogP contribution in [0.1, 0.15) is 11.1 Å². The van der Waals surface area contributed by atoms with E-state index in [0.29, 0.717) is 11.4 Å². The molecule has 2 heteroatoms. The highest BCUT2D eigenvalue weighted by Crippen LogP contribution is 2.21. The molecule has 1 rings (SSSR count). The summed E-state index contributed by atoms with van der Waals surface area (Å²) in [6.45, 7) is 7.44. The van der Waals surface area contributed by atoms with Gasteiger partial charge in [0.1, 0.15) is 0 Å². The van der Waals surface area contributed by atoms with Crippen LogP contribution in [0, 0.1) is 13.8 Å². The Morgan fingerprint density at radius 2 is 1.70 bits per heavy atom. The molecule has 0 atom stereocenters. The standard InChI is InChI=1S/C8H10N2/c1-5-3-4-7(9)8(10)6(5)2/h3-4H,1-2,9-10H2. The van der Waals surface area contributed by atoms with E-state index in [0.717, 1.165) is 11.1 Å². The Morgan fingerprint density at radius 1 is 1.10 bits per heavy atom. The maximum absolute atomic E-state index is 5.56. The molecule has 0 fully saturated rings. The zero-order valence-electron chi connectivity index (χ0n) is 5.72. The first-order valence-electron chi connectivity index (χ1n) is 2.95. The van der Waals surface area contributed by atoms with Crippen LogP contribution in [0.25, 0.3) is 0 Å². The Labute approximate surface area is 60.8 Å². The summed E-state index contributed by atoms with van der Waals surface area (Å²) in [7, 11) is 0. The Bertz CT molecular complexity index is 227. The van der Waals surface area contributed by atoms with Gasteiger partial charge in [-0.25, -0.2) is 0 Å². The van der Waals surface area contributed by atoms with Gasteiger partial charge < -0.3 is 11.5 Å². The first-order valence-corrected chi connectivity index (χ1v) is 2.95. The molecule has 10 heavy (non-hydrogen) atoms. The predicted octanol–water partition coefficient (Wildman–Crippen LogP) is 1.22. The van der Waals surface area contributed by atoms with Crippen molar-refractivity contribution in [3.63, 3.8) is 0 Å². The summed E-state index contributed by atoms with van der Waals surface area (Å²) in [6.07, 6.45) is 0. The number of anilines is 2. The molecule has 52 valence electrons. The molecule has 2 nitrogen and oxygen atoms in total. The van der Waals surface area contributed by atoms with E-state index in [1.807, 2.05) is 0 Å². The fraction of sp³-hybridized carbons (Fsp3) is 0. The summed E-state index contributed by atoms with van der Waals surface area (Å²) in [5.41, 5.74) is 13.7. The highest BCUT2D eigenvalue weighted by atomic mass is 14.7. The van der Waals surface area contributed by atoms with Crippen molar-refractivity contribution in [2.45, 2.75) is 0 Å². The smallest absolute Gasteiger partial charge is 0.0583 e. The first kappa shape index (κ1) is 6.93. The van der Waals surface area contributed by atoms with Crippen LogP contribution in [0.3, 0.4) is 0 Å². The molecule has 2 radical (unpaired) electrons. The molecule has 0 bridgehead atoms. The number of hydrogen-bond donors (Lipinski definition) is 2. The quantitative estimate of drug-likeness (QED) is 0.524. The van der Waals surface area contributed by atoms with Gasteiger partial charge in [0.05, 0.1) is 11.4 Å². The lowest BCUT2D eigenvalue weighted by Crippen LogP contribution is -1.98. The highest BCUT2D eigenvalue weighted by molar-refractivity contribution is 5.70. The van der Waals surface area contributed by atoms with Crippen LogP contribution in [0.5, 0.6) is 0 Å². The SMILES string of the molecule is [CH2]c1ccc(N)c(N)c1[CH2]. The number of nitrogen functional groups attached to an aromatic ring is 2. The van der Waals surface area contributed by atoms with Crippen LogP contribution >= 0.6 is 0 Å². The molecule has 0 unspecified atom stereocenters. The Kier molecular flexibility index (Phi) is 1.53. The molecule has 0 saturated carbocycles. The lowest BCUT2D eigenvalue weighted by Gasteiger charge is -2.05. The fourth-order valence-electron chi connectivity index (χ4n) is 0.728. The van der Waals surface area contributed by atoms with Crippen LogP contribution in [0.15, 0.2) is 12.1 Å². The lowest BCUT2D eigenvalue weighted by atomic mass is 10.1. The second-order valence-electron chi connectivity index (χ2n) is 2.21. The summed E-state index contributed by atoms with van der Waals surface area (Å²) < 4.78 is 0. The molecule has 0 heterocycles. The van der Waals surface area contributed by atoms with Crippen molar-refractivity contribution >= 4 is 11.4 Å².